The molecule has 88 valence electrons. The minimum atomic E-state index is 0.488. The van der Waals surface area contributed by atoms with E-state index in [1.807, 2.05) is 0 Å². The number of benzene rings is 1. The fourth-order valence-electron chi connectivity index (χ4n) is 2.15. The molecule has 1 N–H and O–H groups in total. The first kappa shape index (κ1) is 11.5. The Labute approximate surface area is 98.0 Å². The summed E-state index contributed by atoms with van der Waals surface area (Å²) < 4.78 is 5.60. The van der Waals surface area contributed by atoms with Crippen LogP contribution in [-0.2, 0) is 11.2 Å². The summed E-state index contributed by atoms with van der Waals surface area (Å²) in [5.41, 5.74) is 2.62. The van der Waals surface area contributed by atoms with Crippen LogP contribution in [0, 0.1) is 0 Å². The monoisotopic (exact) mass is 219 g/mol. The molecule has 2 heteroatoms. The first-order valence-corrected chi connectivity index (χ1v) is 6.33. The summed E-state index contributed by atoms with van der Waals surface area (Å²) >= 11 is 0. The smallest absolute Gasteiger partial charge is 0.0592 e. The molecule has 1 heterocycles. The maximum atomic E-state index is 5.60. The predicted octanol–water partition coefficient (Wildman–Crippen LogP) is 3.23. The normalized spacial score (nSPS) is 19.9. The minimum Gasteiger partial charge on any atom is -0.385 e. The number of nitrogens with one attached hydrogen (secondary N) is 1. The van der Waals surface area contributed by atoms with Crippen LogP contribution in [0.3, 0.4) is 0 Å². The van der Waals surface area contributed by atoms with Gasteiger partial charge in [-0.05, 0) is 43.4 Å². The van der Waals surface area contributed by atoms with E-state index in [9.17, 15) is 0 Å². The molecule has 0 saturated carbocycles. The van der Waals surface area contributed by atoms with E-state index in [2.05, 4.69) is 36.5 Å². The van der Waals surface area contributed by atoms with Crippen molar-refractivity contribution in [1.29, 1.82) is 0 Å². The van der Waals surface area contributed by atoms with E-state index in [-0.39, 0.29) is 0 Å². The molecule has 2 rings (SSSR count). The second-order valence-corrected chi connectivity index (χ2v) is 4.40. The molecule has 1 atom stereocenters. The van der Waals surface area contributed by atoms with Crippen molar-refractivity contribution in [2.24, 2.45) is 0 Å². The van der Waals surface area contributed by atoms with Crippen LogP contribution in [0.2, 0.25) is 0 Å². The third kappa shape index (κ3) is 3.24. The highest BCUT2D eigenvalue weighted by atomic mass is 16.5. The fraction of sp³-hybridized carbons (Fsp3) is 0.571. The second-order valence-electron chi connectivity index (χ2n) is 4.40. The standard InChI is InChI=1S/C14H21NO/c1-2-12-5-3-6-13(11-12)15-9-8-14-7-4-10-16-14/h3,5-6,11,14-15H,2,4,7-10H2,1H3. The van der Waals surface area contributed by atoms with E-state index in [1.54, 1.807) is 0 Å². The summed E-state index contributed by atoms with van der Waals surface area (Å²) in [6, 6.07) is 8.66. The topological polar surface area (TPSA) is 21.3 Å². The summed E-state index contributed by atoms with van der Waals surface area (Å²) in [5, 5.41) is 3.47. The first-order valence-electron chi connectivity index (χ1n) is 6.33. The lowest BCUT2D eigenvalue weighted by atomic mass is 10.1. The summed E-state index contributed by atoms with van der Waals surface area (Å²) in [7, 11) is 0. The summed E-state index contributed by atoms with van der Waals surface area (Å²) in [4.78, 5) is 0. The Morgan fingerprint density at radius 1 is 1.44 bits per heavy atom. The summed E-state index contributed by atoms with van der Waals surface area (Å²) in [6.07, 6.45) is 5.17. The van der Waals surface area contributed by atoms with Crippen molar-refractivity contribution in [3.63, 3.8) is 0 Å². The van der Waals surface area contributed by atoms with Crippen LogP contribution in [-0.4, -0.2) is 19.3 Å². The molecule has 0 aromatic heterocycles. The van der Waals surface area contributed by atoms with E-state index < -0.39 is 0 Å². The Kier molecular flexibility index (Phi) is 4.23. The number of rotatable bonds is 5. The van der Waals surface area contributed by atoms with Gasteiger partial charge in [0, 0.05) is 18.8 Å². The minimum absolute atomic E-state index is 0.488. The molecule has 1 aromatic rings. The Morgan fingerprint density at radius 2 is 2.38 bits per heavy atom. The van der Waals surface area contributed by atoms with Crippen LogP contribution in [0.4, 0.5) is 5.69 Å². The van der Waals surface area contributed by atoms with E-state index in [1.165, 1.54) is 24.1 Å². The number of hydrogen-bond donors (Lipinski definition) is 1. The first-order chi connectivity index (χ1) is 7.88. The van der Waals surface area contributed by atoms with Gasteiger partial charge in [-0.1, -0.05) is 19.1 Å². The summed E-state index contributed by atoms with van der Waals surface area (Å²) in [5.74, 6) is 0. The van der Waals surface area contributed by atoms with Crippen LogP contribution in [0.15, 0.2) is 24.3 Å². The van der Waals surface area contributed by atoms with Crippen LogP contribution in [0.5, 0.6) is 0 Å². The van der Waals surface area contributed by atoms with Gasteiger partial charge >= 0.3 is 0 Å². The van der Waals surface area contributed by atoms with Gasteiger partial charge in [-0.25, -0.2) is 0 Å². The quantitative estimate of drug-likeness (QED) is 0.821. The van der Waals surface area contributed by atoms with Gasteiger partial charge in [-0.2, -0.15) is 0 Å². The zero-order valence-corrected chi connectivity index (χ0v) is 10.0. The molecule has 1 aromatic carbocycles. The lowest BCUT2D eigenvalue weighted by molar-refractivity contribution is 0.107. The highest BCUT2D eigenvalue weighted by Crippen LogP contribution is 2.16. The van der Waals surface area contributed by atoms with Gasteiger partial charge in [0.1, 0.15) is 0 Å². The number of aryl methyl sites for hydroxylation is 1. The van der Waals surface area contributed by atoms with Gasteiger partial charge in [0.25, 0.3) is 0 Å². The zero-order valence-electron chi connectivity index (χ0n) is 10.0. The third-order valence-electron chi connectivity index (χ3n) is 3.15. The molecule has 0 radical (unpaired) electrons. The van der Waals surface area contributed by atoms with Crippen molar-refractivity contribution in [3.8, 4) is 0 Å². The summed E-state index contributed by atoms with van der Waals surface area (Å²) in [6.45, 7) is 4.15. The predicted molar refractivity (Wildman–Crippen MR) is 67.9 cm³/mol. The van der Waals surface area contributed by atoms with Crippen molar-refractivity contribution < 1.29 is 4.74 Å². The highest BCUT2D eigenvalue weighted by Gasteiger charge is 2.14. The Hall–Kier alpha value is -1.02. The van der Waals surface area contributed by atoms with Crippen LogP contribution >= 0.6 is 0 Å². The molecule has 1 aliphatic rings. The van der Waals surface area contributed by atoms with Gasteiger partial charge < -0.3 is 10.1 Å². The van der Waals surface area contributed by atoms with Gasteiger partial charge in [0.2, 0.25) is 0 Å². The SMILES string of the molecule is CCc1cccc(NCCC2CCCO2)c1. The maximum Gasteiger partial charge on any atom is 0.0592 e. The Morgan fingerprint density at radius 3 is 3.12 bits per heavy atom. The van der Waals surface area contributed by atoms with E-state index in [0.717, 1.165) is 26.0 Å². The van der Waals surface area contributed by atoms with Gasteiger partial charge in [-0.3, -0.25) is 0 Å². The van der Waals surface area contributed by atoms with Crippen LogP contribution in [0.25, 0.3) is 0 Å². The maximum absolute atomic E-state index is 5.60. The molecule has 16 heavy (non-hydrogen) atoms. The highest BCUT2D eigenvalue weighted by molar-refractivity contribution is 5.45. The average molecular weight is 219 g/mol. The van der Waals surface area contributed by atoms with Crippen molar-refractivity contribution in [2.45, 2.75) is 38.7 Å². The Bertz CT molecular complexity index is 318. The lowest BCUT2D eigenvalue weighted by Gasteiger charge is -2.11. The number of hydrogen-bond acceptors (Lipinski definition) is 2. The molecule has 0 amide bonds. The molecular weight excluding hydrogens is 198 g/mol. The van der Waals surface area contributed by atoms with Crippen molar-refractivity contribution >= 4 is 5.69 Å². The molecule has 1 fully saturated rings. The van der Waals surface area contributed by atoms with E-state index in [4.69, 9.17) is 4.74 Å². The van der Waals surface area contributed by atoms with Crippen LogP contribution in [0.1, 0.15) is 31.7 Å². The van der Waals surface area contributed by atoms with E-state index >= 15 is 0 Å². The fourth-order valence-corrected chi connectivity index (χ4v) is 2.15. The Balaban J connectivity index is 1.75. The molecule has 0 bridgehead atoms. The van der Waals surface area contributed by atoms with Gasteiger partial charge in [-0.15, -0.1) is 0 Å². The van der Waals surface area contributed by atoms with Crippen molar-refractivity contribution in [1.82, 2.24) is 0 Å². The molecule has 0 aliphatic carbocycles. The third-order valence-corrected chi connectivity index (χ3v) is 3.15. The zero-order chi connectivity index (χ0) is 11.2. The van der Waals surface area contributed by atoms with Gasteiger partial charge in [0.05, 0.1) is 6.10 Å². The van der Waals surface area contributed by atoms with Crippen molar-refractivity contribution in [2.75, 3.05) is 18.5 Å². The average Bonchev–Trinajstić information content (AvgIpc) is 2.82. The van der Waals surface area contributed by atoms with Crippen LogP contribution < -0.4 is 5.32 Å². The number of ether oxygens (including phenoxy) is 1. The molecule has 0 spiro atoms. The van der Waals surface area contributed by atoms with Crippen molar-refractivity contribution in [3.05, 3.63) is 29.8 Å². The largest absolute Gasteiger partial charge is 0.385 e. The molecule has 1 unspecified atom stereocenters. The molecular formula is C14H21NO. The lowest BCUT2D eigenvalue weighted by Crippen LogP contribution is -2.12. The number of anilines is 1. The second kappa shape index (κ2) is 5.90. The molecule has 1 saturated heterocycles. The molecule has 1 aliphatic heterocycles. The molecule has 2 nitrogen and oxygen atoms in total. The van der Waals surface area contributed by atoms with Gasteiger partial charge in [0.15, 0.2) is 0 Å². The van der Waals surface area contributed by atoms with E-state index in [0.29, 0.717) is 6.10 Å².